The molecule has 11 nitrogen and oxygen atoms in total. The van der Waals surface area contributed by atoms with Crippen LogP contribution in [0.5, 0.6) is 0 Å². The largest absolute Gasteiger partial charge is 0.465 e. The van der Waals surface area contributed by atoms with E-state index in [1.54, 1.807) is 53.2 Å². The van der Waals surface area contributed by atoms with E-state index in [0.29, 0.717) is 28.6 Å². The first-order valence-corrected chi connectivity index (χ1v) is 11.8. The third-order valence-electron chi connectivity index (χ3n) is 6.36. The number of nitrogens with one attached hydrogen (secondary N) is 2. The SMILES string of the molecule is O=C(O)Nc1ccc(-c2cnc(C3CCc4cc(-c5cc(Cl)ccc5-n5cnnn5)cc(=O)n43)[nH]2)cc1. The van der Waals surface area contributed by atoms with Gasteiger partial charge in [-0.05, 0) is 70.8 Å². The molecule has 3 aromatic heterocycles. The average molecular weight is 515 g/mol. The van der Waals surface area contributed by atoms with Crippen LogP contribution < -0.4 is 10.9 Å². The van der Waals surface area contributed by atoms with Gasteiger partial charge in [0.25, 0.3) is 5.56 Å². The first-order valence-electron chi connectivity index (χ1n) is 11.4. The van der Waals surface area contributed by atoms with E-state index >= 15 is 0 Å². The number of aromatic amines is 1. The number of hydrogen-bond donors (Lipinski definition) is 3. The summed E-state index contributed by atoms with van der Waals surface area (Å²) in [5, 5.41) is 23.1. The maximum Gasteiger partial charge on any atom is 0.409 e. The van der Waals surface area contributed by atoms with E-state index in [0.717, 1.165) is 34.5 Å². The number of anilines is 1. The fraction of sp³-hybridized carbons (Fsp3) is 0.120. The molecule has 1 amide bonds. The van der Waals surface area contributed by atoms with Crippen LogP contribution in [0.15, 0.2) is 71.9 Å². The van der Waals surface area contributed by atoms with Crippen molar-refractivity contribution in [3.8, 4) is 28.1 Å². The Hall–Kier alpha value is -4.77. The van der Waals surface area contributed by atoms with Crippen LogP contribution in [0, 0.1) is 0 Å². The number of hydrogen-bond acceptors (Lipinski definition) is 6. The maximum absolute atomic E-state index is 13.4. The fourth-order valence-electron chi connectivity index (χ4n) is 4.73. The van der Waals surface area contributed by atoms with Crippen LogP contribution in [0.25, 0.3) is 28.1 Å². The summed E-state index contributed by atoms with van der Waals surface area (Å²) in [7, 11) is 0. The molecule has 0 saturated heterocycles. The van der Waals surface area contributed by atoms with Crippen molar-refractivity contribution in [3.63, 3.8) is 0 Å². The quantitative estimate of drug-likeness (QED) is 0.319. The number of aromatic nitrogens is 7. The molecule has 2 aromatic carbocycles. The number of carbonyl (C=O) groups is 1. The first kappa shape index (κ1) is 22.7. The first-order chi connectivity index (χ1) is 18.0. The van der Waals surface area contributed by atoms with Crippen LogP contribution in [0.1, 0.15) is 24.0 Å². The van der Waals surface area contributed by atoms with E-state index in [2.05, 4.69) is 30.8 Å². The number of pyridine rings is 1. The molecule has 37 heavy (non-hydrogen) atoms. The van der Waals surface area contributed by atoms with Gasteiger partial charge in [-0.1, -0.05) is 23.7 Å². The molecule has 1 atom stereocenters. The molecule has 1 aliphatic rings. The highest BCUT2D eigenvalue weighted by Gasteiger charge is 2.28. The topological polar surface area (TPSA) is 144 Å². The lowest BCUT2D eigenvalue weighted by Crippen LogP contribution is -2.23. The van der Waals surface area contributed by atoms with Gasteiger partial charge < -0.3 is 14.7 Å². The molecule has 6 rings (SSSR count). The van der Waals surface area contributed by atoms with Gasteiger partial charge in [0, 0.05) is 28.0 Å². The Morgan fingerprint density at radius 2 is 1.95 bits per heavy atom. The number of nitrogens with zero attached hydrogens (tertiary/aromatic N) is 6. The summed E-state index contributed by atoms with van der Waals surface area (Å²) < 4.78 is 3.31. The highest BCUT2D eigenvalue weighted by molar-refractivity contribution is 6.31. The van der Waals surface area contributed by atoms with E-state index in [-0.39, 0.29) is 11.6 Å². The molecule has 0 spiro atoms. The van der Waals surface area contributed by atoms with Crippen LogP contribution in [-0.2, 0) is 6.42 Å². The number of fused-ring (bicyclic) bond motifs is 1. The van der Waals surface area contributed by atoms with Crippen molar-refractivity contribution in [3.05, 3.63) is 94.0 Å². The van der Waals surface area contributed by atoms with Gasteiger partial charge in [-0.3, -0.25) is 10.1 Å². The molecule has 1 aliphatic heterocycles. The van der Waals surface area contributed by atoms with Crippen molar-refractivity contribution < 1.29 is 9.90 Å². The summed E-state index contributed by atoms with van der Waals surface area (Å²) >= 11 is 6.29. The van der Waals surface area contributed by atoms with Gasteiger partial charge >= 0.3 is 6.09 Å². The summed E-state index contributed by atoms with van der Waals surface area (Å²) in [5.74, 6) is 0.688. The molecule has 3 N–H and O–H groups in total. The van der Waals surface area contributed by atoms with Gasteiger partial charge in [0.15, 0.2) is 0 Å². The van der Waals surface area contributed by atoms with Crippen molar-refractivity contribution in [2.24, 2.45) is 0 Å². The second-order valence-corrected chi connectivity index (χ2v) is 9.04. The Bertz CT molecular complexity index is 1680. The van der Waals surface area contributed by atoms with Crippen molar-refractivity contribution in [2.75, 3.05) is 5.32 Å². The second kappa shape index (κ2) is 9.03. The van der Waals surface area contributed by atoms with Crippen molar-refractivity contribution in [2.45, 2.75) is 18.9 Å². The van der Waals surface area contributed by atoms with E-state index in [4.69, 9.17) is 16.7 Å². The minimum Gasteiger partial charge on any atom is -0.465 e. The van der Waals surface area contributed by atoms with E-state index in [1.807, 2.05) is 12.1 Å². The predicted molar refractivity (Wildman–Crippen MR) is 136 cm³/mol. The molecule has 4 heterocycles. The number of tetrazole rings is 1. The Morgan fingerprint density at radius 3 is 2.70 bits per heavy atom. The summed E-state index contributed by atoms with van der Waals surface area (Å²) in [6.45, 7) is 0. The third-order valence-corrected chi connectivity index (χ3v) is 6.59. The summed E-state index contributed by atoms with van der Waals surface area (Å²) in [5.41, 5.74) is 5.08. The summed E-state index contributed by atoms with van der Waals surface area (Å²) in [6, 6.07) is 15.7. The number of benzene rings is 2. The lowest BCUT2D eigenvalue weighted by atomic mass is 10.0. The fourth-order valence-corrected chi connectivity index (χ4v) is 4.90. The third kappa shape index (κ3) is 4.25. The van der Waals surface area contributed by atoms with Gasteiger partial charge in [0.2, 0.25) is 0 Å². The number of halogens is 1. The number of carboxylic acid groups (broad SMARTS) is 1. The smallest absolute Gasteiger partial charge is 0.409 e. The molecule has 184 valence electrons. The monoisotopic (exact) mass is 514 g/mol. The predicted octanol–water partition coefficient (Wildman–Crippen LogP) is 4.16. The number of aryl methyl sites for hydroxylation is 1. The van der Waals surface area contributed by atoms with Crippen LogP contribution >= 0.6 is 11.6 Å². The lowest BCUT2D eigenvalue weighted by molar-refractivity contribution is 0.209. The number of amides is 1. The second-order valence-electron chi connectivity index (χ2n) is 8.60. The minimum atomic E-state index is -1.12. The van der Waals surface area contributed by atoms with Crippen LogP contribution in [-0.4, -0.2) is 45.9 Å². The molecular weight excluding hydrogens is 496 g/mol. The van der Waals surface area contributed by atoms with Crippen molar-refractivity contribution >= 4 is 23.4 Å². The van der Waals surface area contributed by atoms with Crippen LogP contribution in [0.4, 0.5) is 10.5 Å². The Kier molecular flexibility index (Phi) is 5.53. The lowest BCUT2D eigenvalue weighted by Gasteiger charge is -2.15. The highest BCUT2D eigenvalue weighted by atomic mass is 35.5. The maximum atomic E-state index is 13.4. The normalized spacial score (nSPS) is 14.5. The molecule has 0 radical (unpaired) electrons. The van der Waals surface area contributed by atoms with E-state index in [1.165, 1.54) is 11.0 Å². The van der Waals surface area contributed by atoms with Crippen molar-refractivity contribution in [1.82, 2.24) is 34.7 Å². The zero-order chi connectivity index (χ0) is 25.5. The van der Waals surface area contributed by atoms with Gasteiger partial charge in [0.05, 0.1) is 23.6 Å². The molecule has 1 unspecified atom stereocenters. The molecule has 12 heteroatoms. The Balaban J connectivity index is 1.32. The molecule has 0 bridgehead atoms. The summed E-state index contributed by atoms with van der Waals surface area (Å²) in [4.78, 5) is 32.1. The van der Waals surface area contributed by atoms with Crippen LogP contribution in [0.2, 0.25) is 5.02 Å². The van der Waals surface area contributed by atoms with E-state index < -0.39 is 6.09 Å². The van der Waals surface area contributed by atoms with Gasteiger partial charge in [-0.15, -0.1) is 5.10 Å². The summed E-state index contributed by atoms with van der Waals surface area (Å²) in [6.07, 6.45) is 3.53. The van der Waals surface area contributed by atoms with Crippen molar-refractivity contribution in [1.29, 1.82) is 0 Å². The zero-order valence-corrected chi connectivity index (χ0v) is 19.9. The van der Waals surface area contributed by atoms with Gasteiger partial charge in [-0.25, -0.2) is 9.78 Å². The van der Waals surface area contributed by atoms with Gasteiger partial charge in [-0.2, -0.15) is 4.68 Å². The van der Waals surface area contributed by atoms with E-state index in [9.17, 15) is 9.59 Å². The molecule has 0 saturated carbocycles. The molecular formula is C25H19ClN8O3. The zero-order valence-electron chi connectivity index (χ0n) is 19.2. The minimum absolute atomic E-state index is 0.139. The number of rotatable bonds is 5. The Labute approximate surface area is 214 Å². The van der Waals surface area contributed by atoms with Gasteiger partial charge in [0.1, 0.15) is 12.2 Å². The van der Waals surface area contributed by atoms with Crippen LogP contribution in [0.3, 0.4) is 0 Å². The molecule has 0 aliphatic carbocycles. The standard InChI is InChI=1S/C25H19ClN8O3/c26-16-3-7-21(33-13-28-31-32-33)19(11-16)15-9-18-6-8-22(34(18)23(35)10-15)24-27-12-20(30-24)14-1-4-17(5-2-14)29-25(36)37/h1-5,7,9-13,22,29H,6,8H2,(H,27,30)(H,36,37). The number of imidazole rings is 1. The molecule has 5 aromatic rings. The Morgan fingerprint density at radius 1 is 1.11 bits per heavy atom. The number of H-pyrrole nitrogens is 1. The molecule has 0 fully saturated rings. The highest BCUT2D eigenvalue weighted by Crippen LogP contribution is 2.34. The average Bonchev–Trinajstić information content (AvgIpc) is 3.65.